The van der Waals surface area contributed by atoms with Gasteiger partial charge in [-0.2, -0.15) is 0 Å². The van der Waals surface area contributed by atoms with Crippen molar-refractivity contribution in [1.82, 2.24) is 5.32 Å². The lowest BCUT2D eigenvalue weighted by atomic mass is 9.89. The number of para-hydroxylation sites is 1. The van der Waals surface area contributed by atoms with Crippen LogP contribution in [0.1, 0.15) is 12.0 Å². The third-order valence-corrected chi connectivity index (χ3v) is 3.04. The van der Waals surface area contributed by atoms with Gasteiger partial charge in [0, 0.05) is 12.5 Å². The van der Waals surface area contributed by atoms with Gasteiger partial charge < -0.3 is 15.5 Å². The predicted octanol–water partition coefficient (Wildman–Crippen LogP) is 0.905. The maximum Gasteiger partial charge on any atom is 0.118 e. The molecule has 1 heterocycles. The minimum Gasteiger partial charge on any atom is -0.508 e. The fourth-order valence-electron chi connectivity index (χ4n) is 2.08. The van der Waals surface area contributed by atoms with Crippen molar-refractivity contribution in [3.05, 3.63) is 29.8 Å². The normalized spacial score (nSPS) is 26.5. The highest BCUT2D eigenvalue weighted by Crippen LogP contribution is 2.23. The van der Waals surface area contributed by atoms with Crippen molar-refractivity contribution in [2.45, 2.75) is 18.9 Å². The molecule has 0 aromatic heterocycles. The van der Waals surface area contributed by atoms with Crippen molar-refractivity contribution in [2.75, 3.05) is 13.1 Å². The van der Waals surface area contributed by atoms with Crippen LogP contribution in [0, 0.1) is 5.92 Å². The molecule has 2 unspecified atom stereocenters. The van der Waals surface area contributed by atoms with Crippen molar-refractivity contribution in [3.8, 4) is 5.75 Å². The van der Waals surface area contributed by atoms with Crippen molar-refractivity contribution in [1.29, 1.82) is 0 Å². The SMILES string of the molecule is Oc1ccccc1CC1CNCCC1O. The first-order chi connectivity index (χ1) is 7.27. The Labute approximate surface area is 89.8 Å². The largest absolute Gasteiger partial charge is 0.508 e. The van der Waals surface area contributed by atoms with Gasteiger partial charge in [-0.3, -0.25) is 0 Å². The Morgan fingerprint density at radius 2 is 2.13 bits per heavy atom. The van der Waals surface area contributed by atoms with E-state index in [1.807, 2.05) is 18.2 Å². The molecule has 3 N–H and O–H groups in total. The van der Waals surface area contributed by atoms with E-state index in [0.29, 0.717) is 5.75 Å². The molecule has 2 atom stereocenters. The average molecular weight is 207 g/mol. The molecule has 0 saturated carbocycles. The summed E-state index contributed by atoms with van der Waals surface area (Å²) in [5.41, 5.74) is 0.922. The second-order valence-corrected chi connectivity index (χ2v) is 4.15. The third kappa shape index (κ3) is 2.49. The lowest BCUT2D eigenvalue weighted by molar-refractivity contribution is 0.0789. The number of hydrogen-bond acceptors (Lipinski definition) is 3. The second kappa shape index (κ2) is 4.64. The number of phenolic OH excluding ortho intramolecular Hbond substituents is 1. The molecule has 0 radical (unpaired) electrons. The van der Waals surface area contributed by atoms with Crippen LogP contribution in [-0.2, 0) is 6.42 Å². The summed E-state index contributed by atoms with van der Waals surface area (Å²) in [6.07, 6.45) is 1.30. The molecule has 1 aliphatic heterocycles. The minimum absolute atomic E-state index is 0.215. The molecule has 0 amide bonds. The zero-order valence-electron chi connectivity index (χ0n) is 8.69. The highest BCUT2D eigenvalue weighted by molar-refractivity contribution is 5.32. The first-order valence-corrected chi connectivity index (χ1v) is 5.43. The number of rotatable bonds is 2. The van der Waals surface area contributed by atoms with E-state index in [9.17, 15) is 10.2 Å². The molecule has 0 spiro atoms. The van der Waals surface area contributed by atoms with Crippen LogP contribution in [0.15, 0.2) is 24.3 Å². The van der Waals surface area contributed by atoms with Gasteiger partial charge in [0.15, 0.2) is 0 Å². The fraction of sp³-hybridized carbons (Fsp3) is 0.500. The smallest absolute Gasteiger partial charge is 0.118 e. The predicted molar refractivity (Wildman–Crippen MR) is 58.8 cm³/mol. The Bertz CT molecular complexity index is 327. The lowest BCUT2D eigenvalue weighted by Crippen LogP contribution is -2.40. The summed E-state index contributed by atoms with van der Waals surface area (Å²) in [5.74, 6) is 0.544. The van der Waals surface area contributed by atoms with E-state index in [4.69, 9.17) is 0 Å². The van der Waals surface area contributed by atoms with Gasteiger partial charge in [0.1, 0.15) is 5.75 Å². The van der Waals surface area contributed by atoms with Crippen LogP contribution in [0.4, 0.5) is 0 Å². The van der Waals surface area contributed by atoms with Crippen LogP contribution in [0.5, 0.6) is 5.75 Å². The summed E-state index contributed by atoms with van der Waals surface area (Å²) >= 11 is 0. The molecule has 3 nitrogen and oxygen atoms in total. The average Bonchev–Trinajstić information content (AvgIpc) is 2.24. The number of hydrogen-bond donors (Lipinski definition) is 3. The highest BCUT2D eigenvalue weighted by Gasteiger charge is 2.23. The van der Waals surface area contributed by atoms with E-state index in [1.165, 1.54) is 0 Å². The summed E-state index contributed by atoms with van der Waals surface area (Å²) in [4.78, 5) is 0. The summed E-state index contributed by atoms with van der Waals surface area (Å²) < 4.78 is 0. The van der Waals surface area contributed by atoms with Gasteiger partial charge in [-0.1, -0.05) is 18.2 Å². The zero-order valence-corrected chi connectivity index (χ0v) is 8.69. The quantitative estimate of drug-likeness (QED) is 0.675. The van der Waals surface area contributed by atoms with Crippen LogP contribution >= 0.6 is 0 Å². The van der Waals surface area contributed by atoms with Gasteiger partial charge in [0.25, 0.3) is 0 Å². The third-order valence-electron chi connectivity index (χ3n) is 3.04. The molecule has 1 aromatic rings. The number of benzene rings is 1. The van der Waals surface area contributed by atoms with Gasteiger partial charge >= 0.3 is 0 Å². The van der Waals surface area contributed by atoms with E-state index in [-0.39, 0.29) is 12.0 Å². The highest BCUT2D eigenvalue weighted by atomic mass is 16.3. The zero-order chi connectivity index (χ0) is 10.7. The van der Waals surface area contributed by atoms with Crippen LogP contribution in [-0.4, -0.2) is 29.4 Å². The van der Waals surface area contributed by atoms with E-state index >= 15 is 0 Å². The van der Waals surface area contributed by atoms with E-state index in [0.717, 1.165) is 31.5 Å². The van der Waals surface area contributed by atoms with E-state index in [1.54, 1.807) is 6.07 Å². The minimum atomic E-state index is -0.245. The van der Waals surface area contributed by atoms with E-state index < -0.39 is 0 Å². The molecule has 82 valence electrons. The second-order valence-electron chi connectivity index (χ2n) is 4.15. The molecule has 15 heavy (non-hydrogen) atoms. The molecular weight excluding hydrogens is 190 g/mol. The molecule has 1 aromatic carbocycles. The number of piperidine rings is 1. The maximum atomic E-state index is 9.80. The van der Waals surface area contributed by atoms with Crippen LogP contribution < -0.4 is 5.32 Å². The monoisotopic (exact) mass is 207 g/mol. The molecule has 1 saturated heterocycles. The van der Waals surface area contributed by atoms with Crippen molar-refractivity contribution in [2.24, 2.45) is 5.92 Å². The van der Waals surface area contributed by atoms with Gasteiger partial charge in [-0.25, -0.2) is 0 Å². The molecule has 0 aliphatic carbocycles. The number of aliphatic hydroxyl groups is 1. The summed E-state index contributed by atoms with van der Waals surface area (Å²) in [6.45, 7) is 1.72. The molecule has 1 fully saturated rings. The summed E-state index contributed by atoms with van der Waals surface area (Å²) in [5, 5.41) is 22.7. The summed E-state index contributed by atoms with van der Waals surface area (Å²) in [7, 11) is 0. The standard InChI is InChI=1S/C12H17NO2/c14-11-4-2-1-3-9(11)7-10-8-13-6-5-12(10)15/h1-4,10,12-15H,5-8H2. The molecule has 0 bridgehead atoms. The van der Waals surface area contributed by atoms with Crippen molar-refractivity contribution in [3.63, 3.8) is 0 Å². The summed E-state index contributed by atoms with van der Waals surface area (Å²) in [6, 6.07) is 7.33. The Morgan fingerprint density at radius 1 is 1.33 bits per heavy atom. The topological polar surface area (TPSA) is 52.5 Å². The van der Waals surface area contributed by atoms with E-state index in [2.05, 4.69) is 5.32 Å². The van der Waals surface area contributed by atoms with Crippen LogP contribution in [0.25, 0.3) is 0 Å². The Morgan fingerprint density at radius 3 is 2.87 bits per heavy atom. The number of nitrogens with one attached hydrogen (secondary N) is 1. The van der Waals surface area contributed by atoms with Crippen molar-refractivity contribution >= 4 is 0 Å². The lowest BCUT2D eigenvalue weighted by Gasteiger charge is -2.28. The van der Waals surface area contributed by atoms with Gasteiger partial charge in [0.05, 0.1) is 6.10 Å². The van der Waals surface area contributed by atoms with Gasteiger partial charge in [0.2, 0.25) is 0 Å². The number of phenols is 1. The van der Waals surface area contributed by atoms with Gasteiger partial charge in [-0.15, -0.1) is 0 Å². The van der Waals surface area contributed by atoms with Gasteiger partial charge in [-0.05, 0) is 31.0 Å². The fourth-order valence-corrected chi connectivity index (χ4v) is 2.08. The molecular formula is C12H17NO2. The number of aromatic hydroxyl groups is 1. The van der Waals surface area contributed by atoms with Crippen LogP contribution in [0.2, 0.25) is 0 Å². The first-order valence-electron chi connectivity index (χ1n) is 5.43. The Balaban J connectivity index is 2.04. The van der Waals surface area contributed by atoms with Crippen LogP contribution in [0.3, 0.4) is 0 Å². The molecule has 2 rings (SSSR count). The first kappa shape index (κ1) is 10.5. The maximum absolute atomic E-state index is 9.80. The number of aliphatic hydroxyl groups excluding tert-OH is 1. The Hall–Kier alpha value is -1.06. The van der Waals surface area contributed by atoms with Crippen molar-refractivity contribution < 1.29 is 10.2 Å². The molecule has 1 aliphatic rings. The Kier molecular flexibility index (Phi) is 3.23. The molecule has 3 heteroatoms.